The molecule has 1 heterocycles. The van der Waals surface area contributed by atoms with Gasteiger partial charge in [0, 0.05) is 23.7 Å². The van der Waals surface area contributed by atoms with E-state index in [1.54, 1.807) is 0 Å². The molecular formula is C12H23NOS. The summed E-state index contributed by atoms with van der Waals surface area (Å²) in [6.07, 6.45) is 7.81. The molecule has 2 unspecified atom stereocenters. The summed E-state index contributed by atoms with van der Waals surface area (Å²) in [7, 11) is 0. The Kier molecular flexibility index (Phi) is 3.97. The normalized spacial score (nSPS) is 32.0. The molecule has 15 heavy (non-hydrogen) atoms. The van der Waals surface area contributed by atoms with Crippen molar-refractivity contribution in [2.24, 2.45) is 5.73 Å². The Balaban J connectivity index is 1.81. The predicted molar refractivity (Wildman–Crippen MR) is 66.3 cm³/mol. The Morgan fingerprint density at radius 1 is 1.47 bits per heavy atom. The predicted octanol–water partition coefficient (Wildman–Crippen LogP) is 2.56. The molecule has 0 aromatic rings. The smallest absolute Gasteiger partial charge is 0.0693 e. The average Bonchev–Trinajstić information content (AvgIpc) is 2.63. The topological polar surface area (TPSA) is 35.2 Å². The maximum Gasteiger partial charge on any atom is 0.0693 e. The molecule has 2 aliphatic rings. The first-order valence-electron chi connectivity index (χ1n) is 6.21. The molecule has 0 aromatic carbocycles. The van der Waals surface area contributed by atoms with Crippen LogP contribution in [0.5, 0.6) is 0 Å². The number of hydrogen-bond acceptors (Lipinski definition) is 3. The SMILES string of the molecule is CC(N)CSC1CCOC2(CCCC2)C1. The van der Waals surface area contributed by atoms with E-state index in [4.69, 9.17) is 10.5 Å². The number of thioether (sulfide) groups is 1. The van der Waals surface area contributed by atoms with Crippen LogP contribution in [0.2, 0.25) is 0 Å². The molecule has 0 bridgehead atoms. The van der Waals surface area contributed by atoms with Gasteiger partial charge in [-0.1, -0.05) is 12.8 Å². The molecule has 3 heteroatoms. The van der Waals surface area contributed by atoms with Gasteiger partial charge in [0.15, 0.2) is 0 Å². The molecule has 2 rings (SSSR count). The Bertz CT molecular complexity index is 202. The van der Waals surface area contributed by atoms with Crippen molar-refractivity contribution in [2.45, 2.75) is 62.3 Å². The molecule has 0 radical (unpaired) electrons. The molecule has 1 aliphatic heterocycles. The lowest BCUT2D eigenvalue weighted by molar-refractivity contribution is -0.0704. The molecule has 1 spiro atoms. The highest BCUT2D eigenvalue weighted by molar-refractivity contribution is 7.99. The first-order valence-corrected chi connectivity index (χ1v) is 7.26. The van der Waals surface area contributed by atoms with Gasteiger partial charge in [-0.05, 0) is 32.6 Å². The lowest BCUT2D eigenvalue weighted by atomic mass is 9.92. The van der Waals surface area contributed by atoms with E-state index in [1.165, 1.54) is 38.5 Å². The van der Waals surface area contributed by atoms with Crippen LogP contribution in [0.4, 0.5) is 0 Å². The van der Waals surface area contributed by atoms with Crippen LogP contribution >= 0.6 is 11.8 Å². The zero-order valence-electron chi connectivity index (χ0n) is 9.71. The van der Waals surface area contributed by atoms with Crippen molar-refractivity contribution in [3.8, 4) is 0 Å². The summed E-state index contributed by atoms with van der Waals surface area (Å²) in [5, 5.41) is 0.794. The summed E-state index contributed by atoms with van der Waals surface area (Å²) < 4.78 is 6.02. The van der Waals surface area contributed by atoms with Gasteiger partial charge in [0.2, 0.25) is 0 Å². The Morgan fingerprint density at radius 3 is 2.87 bits per heavy atom. The number of ether oxygens (including phenoxy) is 1. The molecular weight excluding hydrogens is 206 g/mol. The molecule has 1 saturated heterocycles. The maximum atomic E-state index is 6.02. The van der Waals surface area contributed by atoms with Crippen molar-refractivity contribution < 1.29 is 4.74 Å². The van der Waals surface area contributed by atoms with E-state index in [1.807, 2.05) is 0 Å². The van der Waals surface area contributed by atoms with Crippen molar-refractivity contribution in [2.75, 3.05) is 12.4 Å². The fraction of sp³-hybridized carbons (Fsp3) is 1.00. The van der Waals surface area contributed by atoms with Crippen molar-refractivity contribution >= 4 is 11.8 Å². The third-order valence-corrected chi connectivity index (χ3v) is 5.15. The van der Waals surface area contributed by atoms with Crippen molar-refractivity contribution in [1.82, 2.24) is 0 Å². The van der Waals surface area contributed by atoms with Crippen LogP contribution in [0, 0.1) is 0 Å². The van der Waals surface area contributed by atoms with Crippen LogP contribution in [-0.4, -0.2) is 29.3 Å². The summed E-state index contributed by atoms with van der Waals surface area (Å²) in [4.78, 5) is 0. The van der Waals surface area contributed by atoms with Gasteiger partial charge in [0.25, 0.3) is 0 Å². The second-order valence-corrected chi connectivity index (χ2v) is 6.50. The first kappa shape index (κ1) is 11.7. The molecule has 2 N–H and O–H groups in total. The van der Waals surface area contributed by atoms with Crippen molar-refractivity contribution in [3.63, 3.8) is 0 Å². The zero-order chi connectivity index (χ0) is 10.7. The highest BCUT2D eigenvalue weighted by Gasteiger charge is 2.39. The van der Waals surface area contributed by atoms with Gasteiger partial charge in [0.1, 0.15) is 0 Å². The molecule has 0 aromatic heterocycles. The molecule has 0 amide bonds. The number of nitrogens with two attached hydrogens (primary N) is 1. The maximum absolute atomic E-state index is 6.02. The van der Waals surface area contributed by atoms with Gasteiger partial charge in [0.05, 0.1) is 5.60 Å². The summed E-state index contributed by atoms with van der Waals surface area (Å²) in [5.74, 6) is 1.10. The standard InChI is InChI=1S/C12H23NOS/c1-10(13)9-15-11-4-7-14-12(8-11)5-2-3-6-12/h10-11H,2-9,13H2,1H3. The fourth-order valence-corrected chi connectivity index (χ4v) is 4.04. The van der Waals surface area contributed by atoms with E-state index in [-0.39, 0.29) is 5.60 Å². The lowest BCUT2D eigenvalue weighted by Gasteiger charge is -2.38. The monoisotopic (exact) mass is 229 g/mol. The van der Waals surface area contributed by atoms with Crippen LogP contribution < -0.4 is 5.73 Å². The van der Waals surface area contributed by atoms with E-state index < -0.39 is 0 Å². The van der Waals surface area contributed by atoms with Gasteiger partial charge < -0.3 is 10.5 Å². The molecule has 1 aliphatic carbocycles. The molecule has 2 fully saturated rings. The van der Waals surface area contributed by atoms with E-state index >= 15 is 0 Å². The third-order valence-electron chi connectivity index (χ3n) is 3.56. The van der Waals surface area contributed by atoms with Gasteiger partial charge in [-0.15, -0.1) is 0 Å². The fourth-order valence-electron chi connectivity index (χ4n) is 2.78. The largest absolute Gasteiger partial charge is 0.375 e. The summed E-state index contributed by atoms with van der Waals surface area (Å²) in [5.41, 5.74) is 6.07. The average molecular weight is 229 g/mol. The minimum atomic E-state index is 0.272. The Hall–Kier alpha value is 0.270. The summed E-state index contributed by atoms with van der Waals surface area (Å²) in [6.45, 7) is 3.06. The summed E-state index contributed by atoms with van der Waals surface area (Å²) >= 11 is 2.06. The van der Waals surface area contributed by atoms with Crippen LogP contribution in [0.15, 0.2) is 0 Å². The minimum Gasteiger partial charge on any atom is -0.375 e. The van der Waals surface area contributed by atoms with Crippen LogP contribution in [-0.2, 0) is 4.74 Å². The van der Waals surface area contributed by atoms with E-state index in [2.05, 4.69) is 18.7 Å². The van der Waals surface area contributed by atoms with Crippen LogP contribution in [0.3, 0.4) is 0 Å². The van der Waals surface area contributed by atoms with Crippen LogP contribution in [0.25, 0.3) is 0 Å². The number of rotatable bonds is 3. The van der Waals surface area contributed by atoms with Gasteiger partial charge in [-0.2, -0.15) is 11.8 Å². The van der Waals surface area contributed by atoms with Gasteiger partial charge in [-0.3, -0.25) is 0 Å². The van der Waals surface area contributed by atoms with Gasteiger partial charge in [-0.25, -0.2) is 0 Å². The van der Waals surface area contributed by atoms with Crippen molar-refractivity contribution in [3.05, 3.63) is 0 Å². The molecule has 2 nitrogen and oxygen atoms in total. The zero-order valence-corrected chi connectivity index (χ0v) is 10.5. The molecule has 2 atom stereocenters. The van der Waals surface area contributed by atoms with Crippen LogP contribution in [0.1, 0.15) is 45.4 Å². The Labute approximate surface area is 97.3 Å². The van der Waals surface area contributed by atoms with Gasteiger partial charge >= 0.3 is 0 Å². The second-order valence-electron chi connectivity index (χ2n) is 5.16. The highest BCUT2D eigenvalue weighted by atomic mass is 32.2. The quantitative estimate of drug-likeness (QED) is 0.808. The highest BCUT2D eigenvalue weighted by Crippen LogP contribution is 2.42. The molecule has 88 valence electrons. The second kappa shape index (κ2) is 5.07. The lowest BCUT2D eigenvalue weighted by Crippen LogP contribution is -2.39. The molecule has 1 saturated carbocycles. The Morgan fingerprint density at radius 2 is 2.20 bits per heavy atom. The first-order chi connectivity index (χ1) is 7.20. The van der Waals surface area contributed by atoms with E-state index in [0.29, 0.717) is 6.04 Å². The van der Waals surface area contributed by atoms with E-state index in [0.717, 1.165) is 17.6 Å². The number of hydrogen-bond donors (Lipinski definition) is 1. The van der Waals surface area contributed by atoms with Crippen molar-refractivity contribution in [1.29, 1.82) is 0 Å². The minimum absolute atomic E-state index is 0.272. The summed E-state index contributed by atoms with van der Waals surface area (Å²) in [6, 6.07) is 0.331. The van der Waals surface area contributed by atoms with E-state index in [9.17, 15) is 0 Å². The third kappa shape index (κ3) is 3.11.